The van der Waals surface area contributed by atoms with Crippen LogP contribution in [-0.2, 0) is 31.8 Å². The molecular formula is C26H34O8. The van der Waals surface area contributed by atoms with Gasteiger partial charge in [-0.25, -0.2) is 0 Å². The molecule has 186 valence electrons. The minimum Gasteiger partial charge on any atom is -0.493 e. The topological polar surface area (TPSA) is 81.7 Å². The maximum absolute atomic E-state index is 12.3. The van der Waals surface area contributed by atoms with Gasteiger partial charge in [-0.2, -0.15) is 0 Å². The summed E-state index contributed by atoms with van der Waals surface area (Å²) in [6.07, 6.45) is 0.964. The lowest BCUT2D eigenvalue weighted by Crippen LogP contribution is -2.51. The van der Waals surface area contributed by atoms with Crippen LogP contribution in [0.1, 0.15) is 18.1 Å². The van der Waals surface area contributed by atoms with Crippen molar-refractivity contribution in [3.05, 3.63) is 35.4 Å². The van der Waals surface area contributed by atoms with Gasteiger partial charge in [0, 0.05) is 33.5 Å². The molecule has 0 saturated carbocycles. The highest BCUT2D eigenvalue weighted by Crippen LogP contribution is 2.46. The van der Waals surface area contributed by atoms with E-state index in [9.17, 15) is 4.79 Å². The molecule has 3 rings (SSSR count). The van der Waals surface area contributed by atoms with Crippen molar-refractivity contribution in [3.63, 3.8) is 0 Å². The van der Waals surface area contributed by atoms with Crippen LogP contribution in [0.25, 0.3) is 11.1 Å². The predicted octanol–water partition coefficient (Wildman–Crippen LogP) is 3.70. The van der Waals surface area contributed by atoms with Crippen LogP contribution < -0.4 is 18.9 Å². The van der Waals surface area contributed by atoms with Gasteiger partial charge in [-0.15, -0.1) is 0 Å². The summed E-state index contributed by atoms with van der Waals surface area (Å²) in [5.41, 5.74) is 2.86. The van der Waals surface area contributed by atoms with Gasteiger partial charge in [-0.3, -0.25) is 4.79 Å². The van der Waals surface area contributed by atoms with Gasteiger partial charge in [-0.05, 0) is 52.9 Å². The van der Waals surface area contributed by atoms with Crippen LogP contribution in [0.3, 0.4) is 0 Å². The van der Waals surface area contributed by atoms with Gasteiger partial charge in [0.1, 0.15) is 5.60 Å². The molecule has 8 nitrogen and oxygen atoms in total. The number of methoxy groups -OCH3 is 6. The van der Waals surface area contributed by atoms with Crippen molar-refractivity contribution >= 4 is 5.97 Å². The van der Waals surface area contributed by atoms with Crippen molar-refractivity contribution in [1.82, 2.24) is 0 Å². The minimum absolute atomic E-state index is 0.195. The molecule has 0 bridgehead atoms. The molecule has 0 heterocycles. The molecule has 0 aromatic heterocycles. The highest BCUT2D eigenvalue weighted by Gasteiger charge is 2.45. The standard InChI is InChI=1S/C26H34O8/c1-16(27)34-26(15-29-3)13-18-10-23(31-5)25(33-7)12-21(18)20-11-24(32-6)22(30-4)9-17(20)8-19(26)14-28-2/h9-12,19H,8,13-15H2,1-7H3/t19-,26+/m0/s1. The van der Waals surface area contributed by atoms with Crippen LogP contribution in [0, 0.1) is 5.92 Å². The lowest BCUT2D eigenvalue weighted by Gasteiger charge is -2.41. The first-order valence-electron chi connectivity index (χ1n) is 11.0. The Hall–Kier alpha value is -2.97. The van der Waals surface area contributed by atoms with E-state index in [4.69, 9.17) is 33.2 Å². The van der Waals surface area contributed by atoms with E-state index in [1.54, 1.807) is 42.7 Å². The first-order chi connectivity index (χ1) is 16.4. The zero-order chi connectivity index (χ0) is 24.9. The molecule has 0 spiro atoms. The first kappa shape index (κ1) is 25.6. The van der Waals surface area contributed by atoms with Crippen LogP contribution in [-0.4, -0.2) is 67.4 Å². The number of carbonyl (C=O) groups is 1. The second-order valence-electron chi connectivity index (χ2n) is 8.35. The highest BCUT2D eigenvalue weighted by molar-refractivity contribution is 5.77. The number of carbonyl (C=O) groups excluding carboxylic acids is 1. The summed E-state index contributed by atoms with van der Waals surface area (Å²) < 4.78 is 39.7. The van der Waals surface area contributed by atoms with Gasteiger partial charge in [0.25, 0.3) is 0 Å². The monoisotopic (exact) mass is 474 g/mol. The van der Waals surface area contributed by atoms with E-state index in [-0.39, 0.29) is 18.5 Å². The van der Waals surface area contributed by atoms with Crippen molar-refractivity contribution < 1.29 is 38.0 Å². The fourth-order valence-electron chi connectivity index (χ4n) is 4.84. The Bertz CT molecular complexity index is 1020. The Morgan fingerprint density at radius 3 is 1.76 bits per heavy atom. The number of hydrogen-bond acceptors (Lipinski definition) is 8. The lowest BCUT2D eigenvalue weighted by molar-refractivity contribution is -0.175. The SMILES string of the molecule is COC[C@@H]1Cc2cc(OC)c(OC)cc2-c2cc(OC)c(OC)cc2C[C@]1(COC)OC(C)=O. The molecule has 2 aromatic rings. The molecule has 0 saturated heterocycles. The molecule has 0 fully saturated rings. The van der Waals surface area contributed by atoms with Gasteiger partial charge in [0.05, 0.1) is 41.7 Å². The Morgan fingerprint density at radius 1 is 0.794 bits per heavy atom. The van der Waals surface area contributed by atoms with Crippen molar-refractivity contribution in [2.75, 3.05) is 55.9 Å². The van der Waals surface area contributed by atoms with Crippen molar-refractivity contribution in [2.24, 2.45) is 5.92 Å². The highest BCUT2D eigenvalue weighted by atomic mass is 16.6. The summed E-state index contributed by atoms with van der Waals surface area (Å²) >= 11 is 0. The second-order valence-corrected chi connectivity index (χ2v) is 8.35. The Kier molecular flexibility index (Phi) is 8.28. The molecule has 0 N–H and O–H groups in total. The largest absolute Gasteiger partial charge is 0.493 e. The number of esters is 1. The zero-order valence-electron chi connectivity index (χ0n) is 21.0. The van der Waals surface area contributed by atoms with E-state index in [1.807, 2.05) is 24.3 Å². The van der Waals surface area contributed by atoms with E-state index in [0.717, 1.165) is 22.3 Å². The maximum atomic E-state index is 12.3. The third kappa shape index (κ3) is 4.93. The predicted molar refractivity (Wildman–Crippen MR) is 127 cm³/mol. The van der Waals surface area contributed by atoms with Gasteiger partial charge in [0.2, 0.25) is 0 Å². The minimum atomic E-state index is -0.963. The van der Waals surface area contributed by atoms with Gasteiger partial charge >= 0.3 is 5.97 Å². The summed E-state index contributed by atoms with van der Waals surface area (Å²) in [7, 11) is 9.66. The van der Waals surface area contributed by atoms with Crippen LogP contribution in [0.2, 0.25) is 0 Å². The van der Waals surface area contributed by atoms with E-state index in [1.165, 1.54) is 6.92 Å². The smallest absolute Gasteiger partial charge is 0.303 e. The average Bonchev–Trinajstić information content (AvgIpc) is 2.82. The quantitative estimate of drug-likeness (QED) is 0.509. The second kappa shape index (κ2) is 11.0. The molecule has 0 aliphatic heterocycles. The van der Waals surface area contributed by atoms with E-state index in [0.29, 0.717) is 42.4 Å². The molecule has 8 heteroatoms. The summed E-state index contributed by atoms with van der Waals surface area (Å²) in [6.45, 7) is 1.99. The maximum Gasteiger partial charge on any atom is 0.303 e. The van der Waals surface area contributed by atoms with E-state index in [2.05, 4.69) is 0 Å². The molecular weight excluding hydrogens is 440 g/mol. The van der Waals surface area contributed by atoms with Gasteiger partial charge < -0.3 is 33.2 Å². The molecule has 0 amide bonds. The summed E-state index contributed by atoms with van der Waals surface area (Å²) in [5, 5.41) is 0. The van der Waals surface area contributed by atoms with Crippen LogP contribution >= 0.6 is 0 Å². The number of hydrogen-bond donors (Lipinski definition) is 0. The number of benzene rings is 2. The van der Waals surface area contributed by atoms with Crippen molar-refractivity contribution in [1.29, 1.82) is 0 Å². The zero-order valence-corrected chi connectivity index (χ0v) is 21.0. The summed E-state index contributed by atoms with van der Waals surface area (Å²) in [5.74, 6) is 1.84. The van der Waals surface area contributed by atoms with Crippen LogP contribution in [0.15, 0.2) is 24.3 Å². The number of rotatable bonds is 9. The van der Waals surface area contributed by atoms with Crippen molar-refractivity contribution in [2.45, 2.75) is 25.4 Å². The van der Waals surface area contributed by atoms with Gasteiger partial charge in [0.15, 0.2) is 23.0 Å². The molecule has 2 aromatic carbocycles. The summed E-state index contributed by atoms with van der Waals surface area (Å²) in [4.78, 5) is 12.3. The third-order valence-electron chi connectivity index (χ3n) is 6.31. The molecule has 1 aliphatic carbocycles. The molecule has 0 radical (unpaired) electrons. The number of ether oxygens (including phenoxy) is 7. The van der Waals surface area contributed by atoms with E-state index < -0.39 is 5.60 Å². The van der Waals surface area contributed by atoms with Gasteiger partial charge in [-0.1, -0.05) is 0 Å². The van der Waals surface area contributed by atoms with Crippen LogP contribution in [0.5, 0.6) is 23.0 Å². The third-order valence-corrected chi connectivity index (χ3v) is 6.31. The van der Waals surface area contributed by atoms with E-state index >= 15 is 0 Å². The molecule has 34 heavy (non-hydrogen) atoms. The average molecular weight is 475 g/mol. The Morgan fingerprint density at radius 2 is 1.29 bits per heavy atom. The first-order valence-corrected chi connectivity index (χ1v) is 11.0. The molecule has 1 aliphatic rings. The fraction of sp³-hybridized carbons (Fsp3) is 0.500. The Labute approximate surface area is 201 Å². The normalized spacial score (nSPS) is 19.2. The molecule has 2 atom stereocenters. The summed E-state index contributed by atoms with van der Waals surface area (Å²) in [6, 6.07) is 7.81. The lowest BCUT2D eigenvalue weighted by atomic mass is 9.74. The van der Waals surface area contributed by atoms with Crippen LogP contribution in [0.4, 0.5) is 0 Å². The number of fused-ring (bicyclic) bond motifs is 3. The Balaban J connectivity index is 2.37. The van der Waals surface area contributed by atoms with Crippen molar-refractivity contribution in [3.8, 4) is 34.1 Å². The molecule has 0 unspecified atom stereocenters. The fourth-order valence-corrected chi connectivity index (χ4v) is 4.84.